The number of carbonyl (C=O) groups is 1. The Labute approximate surface area is 138 Å². The van der Waals surface area contributed by atoms with Crippen LogP contribution in [0.1, 0.15) is 47.0 Å². The highest BCUT2D eigenvalue weighted by Gasteiger charge is 2.41. The minimum absolute atomic E-state index is 0.0884. The number of Topliss-reactive ketones (excluding diaryl/α,β-unsaturated/α-hetero) is 1. The van der Waals surface area contributed by atoms with E-state index >= 15 is 0 Å². The highest BCUT2D eigenvalue weighted by Crippen LogP contribution is 2.46. The van der Waals surface area contributed by atoms with Crippen LogP contribution < -0.4 is 5.32 Å². The lowest BCUT2D eigenvalue weighted by Gasteiger charge is -2.38. The van der Waals surface area contributed by atoms with Gasteiger partial charge < -0.3 is 5.32 Å². The summed E-state index contributed by atoms with van der Waals surface area (Å²) in [6, 6.07) is 0.384. The van der Waals surface area contributed by atoms with E-state index in [2.05, 4.69) is 42.5 Å². The number of nitrogens with one attached hydrogen (secondary N) is 1. The third-order valence-corrected chi connectivity index (χ3v) is 6.30. The molecule has 4 unspecified atom stereocenters. The molecular formula is C18H28N2OS. The van der Waals surface area contributed by atoms with Gasteiger partial charge in [-0.15, -0.1) is 0 Å². The Morgan fingerprint density at radius 3 is 2.68 bits per heavy atom. The number of hydrogen-bond donors (Lipinski definition) is 1. The summed E-state index contributed by atoms with van der Waals surface area (Å²) in [5.74, 6) is 1.74. The van der Waals surface area contributed by atoms with E-state index < -0.39 is 0 Å². The zero-order valence-corrected chi connectivity index (χ0v) is 15.0. The van der Waals surface area contributed by atoms with Crippen molar-refractivity contribution in [3.05, 3.63) is 22.8 Å². The lowest BCUT2D eigenvalue weighted by Crippen LogP contribution is -2.39. The van der Waals surface area contributed by atoms with Gasteiger partial charge in [0.05, 0.1) is 5.70 Å². The molecule has 2 aliphatic heterocycles. The van der Waals surface area contributed by atoms with Gasteiger partial charge in [0.25, 0.3) is 0 Å². The van der Waals surface area contributed by atoms with Crippen LogP contribution in [0.4, 0.5) is 0 Å². The van der Waals surface area contributed by atoms with E-state index in [4.69, 9.17) is 0 Å². The Bertz CT molecular complexity index is 517. The molecule has 22 heavy (non-hydrogen) atoms. The normalized spacial score (nSPS) is 38.8. The number of ketones is 1. The molecule has 0 aromatic heterocycles. The molecular weight excluding hydrogens is 292 g/mol. The van der Waals surface area contributed by atoms with Crippen LogP contribution in [0, 0.1) is 17.3 Å². The molecule has 4 heteroatoms. The van der Waals surface area contributed by atoms with Gasteiger partial charge in [0.2, 0.25) is 0 Å². The fraction of sp³-hybridized carbons (Fsp3) is 0.722. The molecule has 1 fully saturated rings. The first-order valence-corrected chi connectivity index (χ1v) is 9.25. The first-order chi connectivity index (χ1) is 10.4. The Hall–Kier alpha value is -0.740. The summed E-state index contributed by atoms with van der Waals surface area (Å²) in [5.41, 5.74) is 0.901. The van der Waals surface area contributed by atoms with Gasteiger partial charge in [0.1, 0.15) is 0 Å². The first-order valence-electron chi connectivity index (χ1n) is 8.48. The average molecular weight is 321 g/mol. The van der Waals surface area contributed by atoms with E-state index in [1.54, 1.807) is 6.92 Å². The minimum atomic E-state index is 0.0884. The summed E-state index contributed by atoms with van der Waals surface area (Å²) in [6.07, 6.45) is 7.97. The molecule has 0 aromatic rings. The van der Waals surface area contributed by atoms with Gasteiger partial charge in [-0.05, 0) is 54.0 Å². The molecule has 0 aromatic carbocycles. The molecule has 1 aliphatic carbocycles. The van der Waals surface area contributed by atoms with Gasteiger partial charge >= 0.3 is 0 Å². The molecule has 0 saturated carbocycles. The lowest BCUT2D eigenvalue weighted by molar-refractivity contribution is -0.113. The quantitative estimate of drug-likeness (QED) is 0.803. The van der Waals surface area contributed by atoms with E-state index in [0.29, 0.717) is 6.04 Å². The fourth-order valence-electron chi connectivity index (χ4n) is 4.14. The molecule has 1 N–H and O–H groups in total. The summed E-state index contributed by atoms with van der Waals surface area (Å²) >= 11 is 1.96. The van der Waals surface area contributed by atoms with Crippen LogP contribution in [0.2, 0.25) is 0 Å². The van der Waals surface area contributed by atoms with Gasteiger partial charge in [0, 0.05) is 31.5 Å². The summed E-state index contributed by atoms with van der Waals surface area (Å²) < 4.78 is 2.55. The van der Waals surface area contributed by atoms with Gasteiger partial charge in [-0.1, -0.05) is 26.8 Å². The molecule has 0 amide bonds. The Balaban J connectivity index is 1.66. The predicted octanol–water partition coefficient (Wildman–Crippen LogP) is 3.74. The molecule has 3 nitrogen and oxygen atoms in total. The fourth-order valence-corrected chi connectivity index (χ4v) is 5.68. The van der Waals surface area contributed by atoms with Crippen molar-refractivity contribution in [3.63, 3.8) is 0 Å². The van der Waals surface area contributed by atoms with E-state index in [1.165, 1.54) is 24.4 Å². The molecule has 122 valence electrons. The van der Waals surface area contributed by atoms with Crippen LogP contribution >= 0.6 is 11.9 Å². The number of carbonyl (C=O) groups excluding carboxylic acids is 1. The highest BCUT2D eigenvalue weighted by molar-refractivity contribution is 8.00. The van der Waals surface area contributed by atoms with Crippen molar-refractivity contribution >= 4 is 17.7 Å². The predicted molar refractivity (Wildman–Crippen MR) is 93.2 cm³/mol. The van der Waals surface area contributed by atoms with Gasteiger partial charge in [-0.2, -0.15) is 0 Å². The van der Waals surface area contributed by atoms with Gasteiger partial charge in [0.15, 0.2) is 5.78 Å². The van der Waals surface area contributed by atoms with Gasteiger partial charge in [-0.25, -0.2) is 4.31 Å². The lowest BCUT2D eigenvalue weighted by atomic mass is 9.76. The minimum Gasteiger partial charge on any atom is -0.379 e. The Morgan fingerprint density at radius 2 is 2.05 bits per heavy atom. The van der Waals surface area contributed by atoms with Crippen LogP contribution in [0.5, 0.6) is 0 Å². The summed E-state index contributed by atoms with van der Waals surface area (Å²) in [4.78, 5) is 13.1. The van der Waals surface area contributed by atoms with Crippen LogP contribution in [0.15, 0.2) is 22.8 Å². The van der Waals surface area contributed by atoms with Crippen molar-refractivity contribution in [2.75, 3.05) is 13.1 Å². The molecule has 2 heterocycles. The van der Waals surface area contributed by atoms with E-state index in [-0.39, 0.29) is 11.2 Å². The summed E-state index contributed by atoms with van der Waals surface area (Å²) in [6.45, 7) is 11.0. The second kappa shape index (κ2) is 6.04. The van der Waals surface area contributed by atoms with Crippen LogP contribution in [-0.2, 0) is 4.79 Å². The van der Waals surface area contributed by atoms with E-state index in [9.17, 15) is 4.79 Å². The van der Waals surface area contributed by atoms with Crippen LogP contribution in [0.3, 0.4) is 0 Å². The number of hydrogen-bond acceptors (Lipinski definition) is 4. The van der Waals surface area contributed by atoms with Crippen LogP contribution in [0.25, 0.3) is 0 Å². The summed E-state index contributed by atoms with van der Waals surface area (Å²) in [5, 5.41) is 3.42. The maximum atomic E-state index is 11.6. The van der Waals surface area contributed by atoms with Crippen LogP contribution in [-0.4, -0.2) is 29.2 Å². The molecule has 1 saturated heterocycles. The molecule has 0 radical (unpaired) electrons. The monoisotopic (exact) mass is 320 g/mol. The average Bonchev–Trinajstić information content (AvgIpc) is 2.74. The van der Waals surface area contributed by atoms with Crippen molar-refractivity contribution in [1.82, 2.24) is 9.62 Å². The third kappa shape index (κ3) is 3.28. The van der Waals surface area contributed by atoms with Crippen molar-refractivity contribution in [2.45, 2.75) is 53.0 Å². The van der Waals surface area contributed by atoms with Crippen molar-refractivity contribution in [3.8, 4) is 0 Å². The van der Waals surface area contributed by atoms with E-state index in [1.807, 2.05) is 11.9 Å². The maximum absolute atomic E-state index is 11.6. The number of fused-ring (bicyclic) bond motifs is 1. The zero-order valence-electron chi connectivity index (χ0n) is 14.2. The van der Waals surface area contributed by atoms with Crippen molar-refractivity contribution in [1.29, 1.82) is 0 Å². The molecule has 0 spiro atoms. The second-order valence-corrected chi connectivity index (χ2v) is 9.01. The van der Waals surface area contributed by atoms with Crippen molar-refractivity contribution in [2.24, 2.45) is 17.3 Å². The highest BCUT2D eigenvalue weighted by atomic mass is 32.2. The maximum Gasteiger partial charge on any atom is 0.175 e. The SMILES string of the molecule is CC(=O)C1=CC2(C)CC(SN3CC(C)CC(C)C3)=CCC2N1. The Morgan fingerprint density at radius 1 is 1.36 bits per heavy atom. The third-order valence-electron chi connectivity index (χ3n) is 5.20. The number of rotatable bonds is 3. The number of allylic oxidation sites excluding steroid dienone is 2. The molecule has 3 rings (SSSR count). The van der Waals surface area contributed by atoms with E-state index in [0.717, 1.165) is 30.4 Å². The summed E-state index contributed by atoms with van der Waals surface area (Å²) in [7, 11) is 0. The Kier molecular flexibility index (Phi) is 4.43. The second-order valence-electron chi connectivity index (χ2n) is 7.78. The first kappa shape index (κ1) is 16.1. The molecule has 4 atom stereocenters. The van der Waals surface area contributed by atoms with Gasteiger partial charge in [-0.3, -0.25) is 4.79 Å². The zero-order chi connectivity index (χ0) is 15.9. The number of nitrogens with zero attached hydrogens (tertiary/aromatic N) is 1. The number of piperidine rings is 1. The molecule has 3 aliphatic rings. The van der Waals surface area contributed by atoms with Crippen molar-refractivity contribution < 1.29 is 4.79 Å². The topological polar surface area (TPSA) is 32.3 Å². The standard InChI is InChI=1S/C18H28N2OS/c1-12-7-13(2)11-20(10-12)22-15-5-6-17-18(4,8-15)9-16(19-17)14(3)21/h5,9,12-13,17,19H,6-8,10-11H2,1-4H3. The smallest absolute Gasteiger partial charge is 0.175 e. The largest absolute Gasteiger partial charge is 0.379 e. The molecule has 0 bridgehead atoms.